The van der Waals surface area contributed by atoms with Crippen molar-refractivity contribution in [1.29, 1.82) is 5.41 Å². The number of nitrogens with one attached hydrogen (secondary N) is 2. The Morgan fingerprint density at radius 1 is 0.963 bits per heavy atom. The highest BCUT2D eigenvalue weighted by Crippen LogP contribution is 2.35. The highest BCUT2D eigenvalue weighted by atomic mass is 16.5. The predicted molar refractivity (Wildman–Crippen MR) is 107 cm³/mol. The molecule has 0 atom stereocenters. The number of amides is 1. The van der Waals surface area contributed by atoms with Gasteiger partial charge in [-0.05, 0) is 24.0 Å². The number of hydrogen-bond acceptors (Lipinski definition) is 3. The van der Waals surface area contributed by atoms with Crippen molar-refractivity contribution < 1.29 is 9.53 Å². The molecule has 1 saturated heterocycles. The van der Waals surface area contributed by atoms with E-state index < -0.39 is 5.54 Å². The molecule has 27 heavy (non-hydrogen) atoms. The van der Waals surface area contributed by atoms with Gasteiger partial charge in [0.1, 0.15) is 0 Å². The number of carbonyl (C=O) groups is 1. The molecule has 0 bridgehead atoms. The number of carbonyl (C=O) groups excluding carboxylic acids is 1. The molecule has 2 aromatic carbocycles. The Labute approximate surface area is 160 Å². The van der Waals surface area contributed by atoms with Gasteiger partial charge in [-0.15, -0.1) is 0 Å². The van der Waals surface area contributed by atoms with Crippen molar-refractivity contribution in [1.82, 2.24) is 10.2 Å². The van der Waals surface area contributed by atoms with E-state index in [4.69, 9.17) is 10.1 Å². The normalized spacial score (nSPS) is 15.8. The van der Waals surface area contributed by atoms with Gasteiger partial charge in [-0.3, -0.25) is 15.1 Å². The lowest BCUT2D eigenvalue weighted by Gasteiger charge is -2.28. The van der Waals surface area contributed by atoms with Crippen LogP contribution in [-0.2, 0) is 15.1 Å². The minimum absolute atomic E-state index is 0.113. The second kappa shape index (κ2) is 8.82. The van der Waals surface area contributed by atoms with E-state index in [1.807, 2.05) is 60.7 Å². The number of unbranched alkanes of at least 4 members (excludes halogenated alkanes) is 1. The van der Waals surface area contributed by atoms with Crippen molar-refractivity contribution in [3.8, 4) is 0 Å². The maximum absolute atomic E-state index is 13.5. The van der Waals surface area contributed by atoms with Gasteiger partial charge in [-0.2, -0.15) is 0 Å². The van der Waals surface area contributed by atoms with Gasteiger partial charge >= 0.3 is 0 Å². The van der Waals surface area contributed by atoms with Crippen LogP contribution < -0.4 is 5.32 Å². The largest absolute Gasteiger partial charge is 0.381 e. The number of nitrogens with zero attached hydrogens (tertiary/aromatic N) is 1. The van der Waals surface area contributed by atoms with E-state index >= 15 is 0 Å². The molecule has 1 aliphatic rings. The van der Waals surface area contributed by atoms with Gasteiger partial charge in [-0.1, -0.05) is 74.0 Å². The number of rotatable bonds is 9. The highest BCUT2D eigenvalue weighted by Gasteiger charge is 2.51. The van der Waals surface area contributed by atoms with E-state index in [-0.39, 0.29) is 11.9 Å². The molecule has 0 spiro atoms. The minimum Gasteiger partial charge on any atom is -0.381 e. The highest BCUT2D eigenvalue weighted by molar-refractivity contribution is 6.10. The molecule has 1 fully saturated rings. The second-order valence-electron chi connectivity index (χ2n) is 6.73. The lowest BCUT2D eigenvalue weighted by atomic mass is 9.82. The molecule has 1 aliphatic heterocycles. The summed E-state index contributed by atoms with van der Waals surface area (Å²) in [5.41, 5.74) is 0.628. The van der Waals surface area contributed by atoms with Gasteiger partial charge in [0, 0.05) is 19.8 Å². The monoisotopic (exact) mass is 365 g/mol. The fourth-order valence-corrected chi connectivity index (χ4v) is 3.42. The molecule has 5 heteroatoms. The van der Waals surface area contributed by atoms with E-state index in [0.29, 0.717) is 19.6 Å². The van der Waals surface area contributed by atoms with Crippen LogP contribution in [0.4, 0.5) is 0 Å². The molecule has 3 rings (SSSR count). The van der Waals surface area contributed by atoms with Gasteiger partial charge in [0.2, 0.25) is 0 Å². The summed E-state index contributed by atoms with van der Waals surface area (Å²) >= 11 is 0. The number of guanidine groups is 1. The summed E-state index contributed by atoms with van der Waals surface area (Å²) in [5, 5.41) is 11.6. The van der Waals surface area contributed by atoms with Crippen LogP contribution in [0.25, 0.3) is 0 Å². The SMILES string of the molecule is CCCCOCCCN1C(=N)NC(c2ccccc2)(c2ccccc2)C1=O. The van der Waals surface area contributed by atoms with Gasteiger partial charge in [0.25, 0.3) is 5.91 Å². The van der Waals surface area contributed by atoms with Crippen LogP contribution in [-0.4, -0.2) is 36.5 Å². The molecule has 0 aromatic heterocycles. The number of hydrogen-bond donors (Lipinski definition) is 2. The minimum atomic E-state index is -1.05. The molecule has 1 amide bonds. The molecule has 0 saturated carbocycles. The van der Waals surface area contributed by atoms with E-state index in [1.54, 1.807) is 0 Å². The predicted octanol–water partition coefficient (Wildman–Crippen LogP) is 3.50. The van der Waals surface area contributed by atoms with Crippen LogP contribution >= 0.6 is 0 Å². The fraction of sp³-hybridized carbons (Fsp3) is 0.364. The average molecular weight is 365 g/mol. The Bertz CT molecular complexity index is 722. The Balaban J connectivity index is 1.81. The average Bonchev–Trinajstić information content (AvgIpc) is 2.97. The van der Waals surface area contributed by atoms with Crippen LogP contribution in [0.3, 0.4) is 0 Å². The third kappa shape index (κ3) is 3.88. The zero-order valence-corrected chi connectivity index (χ0v) is 15.8. The van der Waals surface area contributed by atoms with Crippen LogP contribution in [0.1, 0.15) is 37.3 Å². The van der Waals surface area contributed by atoms with Crippen molar-refractivity contribution in [2.24, 2.45) is 0 Å². The summed E-state index contributed by atoms with van der Waals surface area (Å²) in [6, 6.07) is 19.3. The molecule has 0 unspecified atom stereocenters. The van der Waals surface area contributed by atoms with Gasteiger partial charge in [0.05, 0.1) is 0 Å². The van der Waals surface area contributed by atoms with E-state index in [0.717, 1.165) is 30.6 Å². The zero-order valence-electron chi connectivity index (χ0n) is 15.8. The first kappa shape index (κ1) is 19.1. The van der Waals surface area contributed by atoms with Crippen LogP contribution in [0.5, 0.6) is 0 Å². The van der Waals surface area contributed by atoms with Crippen molar-refractivity contribution in [3.63, 3.8) is 0 Å². The summed E-state index contributed by atoms with van der Waals surface area (Å²) < 4.78 is 5.60. The third-order valence-electron chi connectivity index (χ3n) is 4.87. The first-order valence-corrected chi connectivity index (χ1v) is 9.57. The molecule has 1 heterocycles. The van der Waals surface area contributed by atoms with E-state index in [9.17, 15) is 4.79 Å². The Kier molecular flexibility index (Phi) is 6.24. The van der Waals surface area contributed by atoms with Crippen LogP contribution in [0.2, 0.25) is 0 Å². The summed E-state index contributed by atoms with van der Waals surface area (Å²) in [7, 11) is 0. The standard InChI is InChI=1S/C22H27N3O2/c1-2-3-16-27-17-10-15-25-20(26)22(24-21(25)23,18-11-6-4-7-12-18)19-13-8-5-9-14-19/h4-9,11-14H,2-3,10,15-17H2,1H3,(H2,23,24). The molecule has 5 nitrogen and oxygen atoms in total. The quantitative estimate of drug-likeness (QED) is 0.669. The summed E-state index contributed by atoms with van der Waals surface area (Å²) in [5.74, 6) is 0.0275. The zero-order chi connectivity index (χ0) is 19.1. The molecule has 2 aromatic rings. The first-order valence-electron chi connectivity index (χ1n) is 9.57. The van der Waals surface area contributed by atoms with Gasteiger partial charge < -0.3 is 10.1 Å². The van der Waals surface area contributed by atoms with Crippen molar-refractivity contribution >= 4 is 11.9 Å². The second-order valence-corrected chi connectivity index (χ2v) is 6.73. The summed E-state index contributed by atoms with van der Waals surface area (Å²) in [6.45, 7) is 3.95. The maximum atomic E-state index is 13.5. The number of ether oxygens (including phenoxy) is 1. The third-order valence-corrected chi connectivity index (χ3v) is 4.87. The molecule has 2 N–H and O–H groups in total. The first-order chi connectivity index (χ1) is 13.2. The Morgan fingerprint density at radius 3 is 2.07 bits per heavy atom. The molecular weight excluding hydrogens is 338 g/mol. The molecule has 142 valence electrons. The lowest BCUT2D eigenvalue weighted by Crippen LogP contribution is -2.45. The summed E-state index contributed by atoms with van der Waals surface area (Å²) in [4.78, 5) is 15.0. The maximum Gasteiger partial charge on any atom is 0.264 e. The molecule has 0 aliphatic carbocycles. The van der Waals surface area contributed by atoms with Crippen LogP contribution in [0.15, 0.2) is 60.7 Å². The fourth-order valence-electron chi connectivity index (χ4n) is 3.42. The Morgan fingerprint density at radius 2 is 1.52 bits per heavy atom. The van der Waals surface area contributed by atoms with Crippen LogP contribution in [0, 0.1) is 5.41 Å². The Hall–Kier alpha value is -2.66. The topological polar surface area (TPSA) is 65.4 Å². The van der Waals surface area contributed by atoms with Gasteiger partial charge in [0.15, 0.2) is 11.5 Å². The molecular formula is C22H27N3O2. The van der Waals surface area contributed by atoms with Gasteiger partial charge in [-0.25, -0.2) is 0 Å². The molecule has 0 radical (unpaired) electrons. The summed E-state index contributed by atoms with van der Waals surface area (Å²) in [6.07, 6.45) is 2.86. The van der Waals surface area contributed by atoms with E-state index in [2.05, 4.69) is 12.2 Å². The van der Waals surface area contributed by atoms with Crippen molar-refractivity contribution in [2.45, 2.75) is 31.7 Å². The van der Waals surface area contributed by atoms with Crippen molar-refractivity contribution in [3.05, 3.63) is 71.8 Å². The van der Waals surface area contributed by atoms with Crippen molar-refractivity contribution in [2.75, 3.05) is 19.8 Å². The smallest absolute Gasteiger partial charge is 0.264 e. The number of benzene rings is 2. The lowest BCUT2D eigenvalue weighted by molar-refractivity contribution is -0.130. The van der Waals surface area contributed by atoms with E-state index in [1.165, 1.54) is 4.90 Å².